The Bertz CT molecular complexity index is 540. The second kappa shape index (κ2) is 4.52. The van der Waals surface area contributed by atoms with Crippen molar-refractivity contribution in [1.29, 1.82) is 0 Å². The molecule has 2 aromatic rings. The number of hydrogen-bond acceptors (Lipinski definition) is 3. The minimum absolute atomic E-state index is 0.826. The van der Waals surface area contributed by atoms with Gasteiger partial charge in [-0.3, -0.25) is 5.10 Å². The maximum atomic E-state index is 6.14. The summed E-state index contributed by atoms with van der Waals surface area (Å²) in [4.78, 5) is 2.28. The zero-order chi connectivity index (χ0) is 12.5. The van der Waals surface area contributed by atoms with E-state index in [2.05, 4.69) is 28.2 Å². The zero-order valence-corrected chi connectivity index (χ0v) is 10.8. The molecule has 1 aliphatic carbocycles. The first kappa shape index (κ1) is 11.4. The highest BCUT2D eigenvalue weighted by Gasteiger charge is 2.18. The molecule has 4 nitrogen and oxygen atoms in total. The van der Waals surface area contributed by atoms with Gasteiger partial charge in [0.2, 0.25) is 0 Å². The van der Waals surface area contributed by atoms with Crippen molar-refractivity contribution >= 4 is 22.3 Å². The molecule has 0 unspecified atom stereocenters. The first-order chi connectivity index (χ1) is 8.74. The Balaban J connectivity index is 1.85. The monoisotopic (exact) mass is 244 g/mol. The average molecular weight is 244 g/mol. The third-order valence-electron chi connectivity index (χ3n) is 4.01. The van der Waals surface area contributed by atoms with Crippen molar-refractivity contribution < 1.29 is 0 Å². The van der Waals surface area contributed by atoms with Crippen LogP contribution in [0.2, 0.25) is 0 Å². The van der Waals surface area contributed by atoms with Crippen molar-refractivity contribution in [3.63, 3.8) is 0 Å². The number of aromatic nitrogens is 2. The van der Waals surface area contributed by atoms with Crippen molar-refractivity contribution in [2.24, 2.45) is 5.92 Å². The summed E-state index contributed by atoms with van der Waals surface area (Å²) < 4.78 is 0. The summed E-state index contributed by atoms with van der Waals surface area (Å²) in [6.07, 6.45) is 7.29. The molecule has 0 atom stereocenters. The van der Waals surface area contributed by atoms with Gasteiger partial charge in [-0.2, -0.15) is 5.10 Å². The van der Waals surface area contributed by atoms with Crippen LogP contribution in [0.25, 0.3) is 10.9 Å². The number of nitrogen functional groups attached to an aromatic ring is 1. The number of fused-ring (bicyclic) bond motifs is 1. The van der Waals surface area contributed by atoms with Gasteiger partial charge in [0.25, 0.3) is 0 Å². The Morgan fingerprint density at radius 3 is 2.94 bits per heavy atom. The lowest BCUT2D eigenvalue weighted by molar-refractivity contribution is 0.547. The molecule has 1 fully saturated rings. The van der Waals surface area contributed by atoms with E-state index in [9.17, 15) is 0 Å². The van der Waals surface area contributed by atoms with Gasteiger partial charge in [0.1, 0.15) is 0 Å². The summed E-state index contributed by atoms with van der Waals surface area (Å²) in [7, 11) is 2.13. The number of benzene rings is 1. The number of nitrogens with two attached hydrogens (primary N) is 1. The predicted molar refractivity (Wildman–Crippen MR) is 75.7 cm³/mol. The summed E-state index contributed by atoms with van der Waals surface area (Å²) in [5.41, 5.74) is 9.14. The fraction of sp³-hybridized carbons (Fsp3) is 0.500. The predicted octanol–water partition coefficient (Wildman–Crippen LogP) is 2.77. The SMILES string of the molecule is CN(CC1CCCC1)c1cc2[nH]ncc2cc1N. The van der Waals surface area contributed by atoms with Crippen LogP contribution in [0, 0.1) is 5.92 Å². The van der Waals surface area contributed by atoms with Gasteiger partial charge in [0.15, 0.2) is 0 Å². The summed E-state index contributed by atoms with van der Waals surface area (Å²) in [6.45, 7) is 1.10. The summed E-state index contributed by atoms with van der Waals surface area (Å²) in [5, 5.41) is 8.13. The van der Waals surface area contributed by atoms with Crippen molar-refractivity contribution in [2.75, 3.05) is 24.2 Å². The number of hydrogen-bond donors (Lipinski definition) is 2. The van der Waals surface area contributed by atoms with Crippen LogP contribution >= 0.6 is 0 Å². The topological polar surface area (TPSA) is 57.9 Å². The smallest absolute Gasteiger partial charge is 0.0672 e. The second-order valence-corrected chi connectivity index (χ2v) is 5.40. The molecule has 3 N–H and O–H groups in total. The Morgan fingerprint density at radius 1 is 1.39 bits per heavy atom. The molecule has 18 heavy (non-hydrogen) atoms. The van der Waals surface area contributed by atoms with Gasteiger partial charge in [-0.15, -0.1) is 0 Å². The van der Waals surface area contributed by atoms with Gasteiger partial charge >= 0.3 is 0 Å². The van der Waals surface area contributed by atoms with E-state index in [0.717, 1.165) is 34.7 Å². The minimum atomic E-state index is 0.826. The van der Waals surface area contributed by atoms with Crippen molar-refractivity contribution in [3.05, 3.63) is 18.3 Å². The maximum Gasteiger partial charge on any atom is 0.0672 e. The first-order valence-electron chi connectivity index (χ1n) is 6.68. The molecular formula is C14H20N4. The molecular weight excluding hydrogens is 224 g/mol. The highest BCUT2D eigenvalue weighted by atomic mass is 15.1. The van der Waals surface area contributed by atoms with Crippen LogP contribution in [0.3, 0.4) is 0 Å². The van der Waals surface area contributed by atoms with Gasteiger partial charge in [0, 0.05) is 19.0 Å². The zero-order valence-electron chi connectivity index (χ0n) is 10.8. The van der Waals surface area contributed by atoms with Crippen LogP contribution in [0.15, 0.2) is 18.3 Å². The van der Waals surface area contributed by atoms with E-state index in [4.69, 9.17) is 5.73 Å². The molecule has 1 aromatic heterocycles. The lowest BCUT2D eigenvalue weighted by Gasteiger charge is -2.24. The number of rotatable bonds is 3. The van der Waals surface area contributed by atoms with Crippen LogP contribution in [0.4, 0.5) is 11.4 Å². The van der Waals surface area contributed by atoms with Crippen LogP contribution < -0.4 is 10.6 Å². The van der Waals surface area contributed by atoms with Gasteiger partial charge in [-0.05, 0) is 30.9 Å². The standard InChI is InChI=1S/C14H20N4/c1-18(9-10-4-2-3-5-10)14-7-13-11(6-12(14)15)8-16-17-13/h6-8,10H,2-5,9,15H2,1H3,(H,16,17). The van der Waals surface area contributed by atoms with Crippen LogP contribution in [-0.4, -0.2) is 23.8 Å². The minimum Gasteiger partial charge on any atom is -0.397 e. The summed E-state index contributed by atoms with van der Waals surface area (Å²) >= 11 is 0. The molecule has 1 heterocycles. The lowest BCUT2D eigenvalue weighted by atomic mass is 10.1. The molecule has 0 amide bonds. The van der Waals surface area contributed by atoms with E-state index in [-0.39, 0.29) is 0 Å². The lowest BCUT2D eigenvalue weighted by Crippen LogP contribution is -2.24. The van der Waals surface area contributed by atoms with E-state index in [1.54, 1.807) is 0 Å². The highest BCUT2D eigenvalue weighted by molar-refractivity contribution is 5.88. The normalized spacial score (nSPS) is 16.5. The Hall–Kier alpha value is -1.71. The fourth-order valence-electron chi connectivity index (χ4n) is 3.01. The van der Waals surface area contributed by atoms with Crippen molar-refractivity contribution in [3.8, 4) is 0 Å². The highest BCUT2D eigenvalue weighted by Crippen LogP contribution is 2.31. The van der Waals surface area contributed by atoms with E-state index >= 15 is 0 Å². The molecule has 0 spiro atoms. The second-order valence-electron chi connectivity index (χ2n) is 5.40. The molecule has 0 radical (unpaired) electrons. The Kier molecular flexibility index (Phi) is 2.86. The first-order valence-corrected chi connectivity index (χ1v) is 6.68. The van der Waals surface area contributed by atoms with Gasteiger partial charge in [-0.25, -0.2) is 0 Å². The molecule has 96 valence electrons. The van der Waals surface area contributed by atoms with E-state index in [1.165, 1.54) is 25.7 Å². The molecule has 1 aromatic carbocycles. The van der Waals surface area contributed by atoms with Crippen LogP contribution in [0.1, 0.15) is 25.7 Å². The maximum absolute atomic E-state index is 6.14. The number of aromatic amines is 1. The molecule has 3 rings (SSSR count). The quantitative estimate of drug-likeness (QED) is 0.816. The average Bonchev–Trinajstić information content (AvgIpc) is 2.98. The number of nitrogens with zero attached hydrogens (tertiary/aromatic N) is 2. The molecule has 0 saturated heterocycles. The van der Waals surface area contributed by atoms with E-state index in [1.807, 2.05) is 12.3 Å². The third-order valence-corrected chi connectivity index (χ3v) is 4.01. The fourth-order valence-corrected chi connectivity index (χ4v) is 3.01. The molecule has 1 aliphatic rings. The number of anilines is 2. The van der Waals surface area contributed by atoms with Crippen molar-refractivity contribution in [1.82, 2.24) is 10.2 Å². The number of nitrogens with one attached hydrogen (secondary N) is 1. The summed E-state index contributed by atoms with van der Waals surface area (Å²) in [5.74, 6) is 0.826. The van der Waals surface area contributed by atoms with Gasteiger partial charge in [-0.1, -0.05) is 12.8 Å². The van der Waals surface area contributed by atoms with E-state index in [0.29, 0.717) is 0 Å². The van der Waals surface area contributed by atoms with Gasteiger partial charge in [0.05, 0.1) is 23.1 Å². The Labute approximate surface area is 107 Å². The van der Waals surface area contributed by atoms with Crippen LogP contribution in [-0.2, 0) is 0 Å². The summed E-state index contributed by atoms with van der Waals surface area (Å²) in [6, 6.07) is 4.10. The third kappa shape index (κ3) is 2.03. The largest absolute Gasteiger partial charge is 0.397 e. The Morgan fingerprint density at radius 2 is 2.17 bits per heavy atom. The number of H-pyrrole nitrogens is 1. The molecule has 0 bridgehead atoms. The molecule has 1 saturated carbocycles. The van der Waals surface area contributed by atoms with Gasteiger partial charge < -0.3 is 10.6 Å². The van der Waals surface area contributed by atoms with Crippen molar-refractivity contribution in [2.45, 2.75) is 25.7 Å². The van der Waals surface area contributed by atoms with E-state index < -0.39 is 0 Å². The van der Waals surface area contributed by atoms with Crippen LogP contribution in [0.5, 0.6) is 0 Å². The molecule has 4 heteroatoms. The molecule has 0 aliphatic heterocycles.